The molecule has 7 heteroatoms. The molecule has 3 heterocycles. The van der Waals surface area contributed by atoms with Gasteiger partial charge in [0.25, 0.3) is 0 Å². The van der Waals surface area contributed by atoms with Crippen LogP contribution in [0.1, 0.15) is 42.0 Å². The number of allylic oxidation sites excluding steroid dienone is 2. The Bertz CT molecular complexity index is 1610. The van der Waals surface area contributed by atoms with Gasteiger partial charge in [-0.1, -0.05) is 78.9 Å². The first-order chi connectivity index (χ1) is 21.1. The molecule has 0 fully saturated rings. The molecule has 2 aliphatic heterocycles. The third-order valence-corrected chi connectivity index (χ3v) is 8.79. The van der Waals surface area contributed by atoms with E-state index in [0.29, 0.717) is 6.04 Å². The summed E-state index contributed by atoms with van der Waals surface area (Å²) in [5, 5.41) is 5.29. The van der Waals surface area contributed by atoms with Gasteiger partial charge in [-0.2, -0.15) is 5.10 Å². The summed E-state index contributed by atoms with van der Waals surface area (Å²) in [4.78, 5) is 20.6. The van der Waals surface area contributed by atoms with E-state index in [4.69, 9.17) is 0 Å². The van der Waals surface area contributed by atoms with Crippen LogP contribution in [-0.4, -0.2) is 59.6 Å². The van der Waals surface area contributed by atoms with Gasteiger partial charge in [0.15, 0.2) is 0 Å². The Morgan fingerprint density at radius 3 is 2.33 bits per heavy atom. The molecule has 3 N–H and O–H groups in total. The minimum atomic E-state index is -0.0445. The largest absolute Gasteiger partial charge is 0.361 e. The molecule has 1 aromatic heterocycles. The topological polar surface area (TPSA) is 75.8 Å². The Morgan fingerprint density at radius 2 is 1.70 bits per heavy atom. The van der Waals surface area contributed by atoms with Gasteiger partial charge in [0.1, 0.15) is 0 Å². The maximum absolute atomic E-state index is 12.9. The zero-order valence-electron chi connectivity index (χ0n) is 25.1. The summed E-state index contributed by atoms with van der Waals surface area (Å²) in [6, 6.07) is 27.8. The van der Waals surface area contributed by atoms with Gasteiger partial charge in [0.05, 0.1) is 17.8 Å². The van der Waals surface area contributed by atoms with Crippen LogP contribution in [0.5, 0.6) is 0 Å². The Balaban J connectivity index is 0.000000157. The van der Waals surface area contributed by atoms with Crippen LogP contribution in [0.3, 0.4) is 0 Å². The molecule has 0 spiro atoms. The number of hydrogen-bond donors (Lipinski definition) is 3. The lowest BCUT2D eigenvalue weighted by atomic mass is 9.79. The fourth-order valence-electron chi connectivity index (χ4n) is 6.58. The van der Waals surface area contributed by atoms with Crippen molar-refractivity contribution in [2.24, 2.45) is 11.0 Å². The normalized spacial score (nSPS) is 19.7. The maximum atomic E-state index is 12.9. The van der Waals surface area contributed by atoms with Crippen molar-refractivity contribution < 1.29 is 4.79 Å². The van der Waals surface area contributed by atoms with Crippen LogP contribution in [0.15, 0.2) is 108 Å². The molecular formula is C36H40N6O. The molecule has 0 saturated heterocycles. The van der Waals surface area contributed by atoms with E-state index in [1.165, 1.54) is 38.7 Å². The highest BCUT2D eigenvalue weighted by atomic mass is 16.2. The minimum Gasteiger partial charge on any atom is -0.361 e. The monoisotopic (exact) mass is 572 g/mol. The second-order valence-electron chi connectivity index (χ2n) is 11.4. The number of aromatic nitrogens is 1. The van der Waals surface area contributed by atoms with Crippen LogP contribution in [0.25, 0.3) is 16.5 Å². The first-order valence-electron chi connectivity index (χ1n) is 15.2. The number of fused-ring (bicyclic) bond motifs is 2. The molecule has 7 nitrogen and oxygen atoms in total. The summed E-state index contributed by atoms with van der Waals surface area (Å²) >= 11 is 0. The van der Waals surface area contributed by atoms with Crippen molar-refractivity contribution in [1.82, 2.24) is 25.7 Å². The molecule has 4 aromatic rings. The molecule has 0 saturated carbocycles. The van der Waals surface area contributed by atoms with Crippen molar-refractivity contribution in [2.75, 3.05) is 26.7 Å². The number of nitrogens with one attached hydrogen (secondary N) is 3. The molecule has 43 heavy (non-hydrogen) atoms. The number of hydrazine groups is 1. The molecule has 3 aromatic carbocycles. The van der Waals surface area contributed by atoms with Crippen LogP contribution >= 0.6 is 0 Å². The van der Waals surface area contributed by atoms with Crippen LogP contribution in [0.4, 0.5) is 0 Å². The molecule has 220 valence electrons. The highest BCUT2D eigenvalue weighted by molar-refractivity contribution is 5.99. The van der Waals surface area contributed by atoms with E-state index in [0.717, 1.165) is 31.8 Å². The predicted molar refractivity (Wildman–Crippen MR) is 175 cm³/mol. The number of rotatable bonds is 6. The van der Waals surface area contributed by atoms with E-state index in [1.807, 2.05) is 17.0 Å². The second kappa shape index (κ2) is 12.7. The molecule has 0 radical (unpaired) electrons. The fraction of sp³-hybridized carbons (Fsp3) is 0.278. The Morgan fingerprint density at radius 1 is 1.00 bits per heavy atom. The summed E-state index contributed by atoms with van der Waals surface area (Å²) < 4.78 is 0. The predicted octanol–water partition coefficient (Wildman–Crippen LogP) is 5.70. The van der Waals surface area contributed by atoms with Gasteiger partial charge in [0, 0.05) is 48.7 Å². The van der Waals surface area contributed by atoms with Crippen molar-refractivity contribution in [1.29, 1.82) is 0 Å². The van der Waals surface area contributed by atoms with E-state index < -0.39 is 0 Å². The number of hydrazone groups is 1. The smallest absolute Gasteiger partial charge is 0.230 e. The molecular weight excluding hydrogens is 532 g/mol. The molecule has 7 rings (SSSR count). The average molecular weight is 573 g/mol. The van der Waals surface area contributed by atoms with Gasteiger partial charge in [-0.15, -0.1) is 0 Å². The molecule has 1 amide bonds. The molecule has 0 unspecified atom stereocenters. The van der Waals surface area contributed by atoms with Crippen molar-refractivity contribution in [2.45, 2.75) is 32.2 Å². The standard InChI is InChI=1S/C20H25N3O.C16H15N3/c1-4-23(5-2)20(24)14-9-16-15-7-6-8-17-19(15)13(11-21-17)10-18(16)22(3)12-14;1-3-7-13(8-4-1)16(11-15-12-17-19-18-15)14-9-5-2-6-10-14/h6-9,11,14,18,21H,4-5,10,12H2,1-3H3;1-12,16,18-19H/t14-,18-;/m1./s1. The lowest BCUT2D eigenvalue weighted by Crippen LogP contribution is -2.47. The summed E-state index contributed by atoms with van der Waals surface area (Å²) in [6.07, 6.45) is 9.38. The highest BCUT2D eigenvalue weighted by Crippen LogP contribution is 2.41. The van der Waals surface area contributed by atoms with E-state index in [2.05, 4.69) is 132 Å². The third-order valence-electron chi connectivity index (χ3n) is 8.79. The maximum Gasteiger partial charge on any atom is 0.230 e. The molecule has 1 aliphatic carbocycles. The Kier molecular flexibility index (Phi) is 8.43. The number of carbonyl (C=O) groups excluding carboxylic acids is 1. The van der Waals surface area contributed by atoms with Crippen LogP contribution in [-0.2, 0) is 11.2 Å². The van der Waals surface area contributed by atoms with Crippen molar-refractivity contribution >= 4 is 28.6 Å². The van der Waals surface area contributed by atoms with Gasteiger partial charge in [0.2, 0.25) is 5.91 Å². The zero-order chi connectivity index (χ0) is 29.8. The first-order valence-corrected chi connectivity index (χ1v) is 15.2. The SMILES string of the molecule is C1=NNNC1=CC(c1ccccc1)c1ccccc1.CCN(CC)C(=O)[C@@H]1C=C2c3cccc4[nH]cc(c34)C[C@H]2N(C)C1. The lowest BCUT2D eigenvalue weighted by Gasteiger charge is -2.40. The Hall–Kier alpha value is -4.62. The van der Waals surface area contributed by atoms with E-state index in [-0.39, 0.29) is 17.7 Å². The van der Waals surface area contributed by atoms with Gasteiger partial charge in [-0.05, 0) is 67.3 Å². The van der Waals surface area contributed by atoms with Gasteiger partial charge < -0.3 is 9.88 Å². The number of benzene rings is 3. The second-order valence-corrected chi connectivity index (χ2v) is 11.4. The van der Waals surface area contributed by atoms with Gasteiger partial charge in [-0.25, -0.2) is 5.53 Å². The number of likely N-dealkylation sites (N-methyl/N-ethyl adjacent to an activating group) is 1. The average Bonchev–Trinajstić information content (AvgIpc) is 3.73. The summed E-state index contributed by atoms with van der Waals surface area (Å²) in [5.74, 6) is 0.429. The van der Waals surface area contributed by atoms with Crippen molar-refractivity contribution in [3.8, 4) is 0 Å². The number of H-pyrrole nitrogens is 1. The van der Waals surface area contributed by atoms with Crippen molar-refractivity contribution in [3.05, 3.63) is 125 Å². The number of amides is 1. The first kappa shape index (κ1) is 28.5. The van der Waals surface area contributed by atoms with Gasteiger partial charge >= 0.3 is 0 Å². The van der Waals surface area contributed by atoms with E-state index in [1.54, 1.807) is 6.21 Å². The summed E-state index contributed by atoms with van der Waals surface area (Å²) in [6.45, 7) is 6.47. The highest BCUT2D eigenvalue weighted by Gasteiger charge is 2.36. The number of carbonyl (C=O) groups is 1. The third kappa shape index (κ3) is 5.86. The zero-order valence-corrected chi connectivity index (χ0v) is 25.1. The van der Waals surface area contributed by atoms with Crippen LogP contribution in [0.2, 0.25) is 0 Å². The summed E-state index contributed by atoms with van der Waals surface area (Å²) in [7, 11) is 2.15. The number of nitrogens with zero attached hydrogens (tertiary/aromatic N) is 3. The molecule has 0 bridgehead atoms. The quantitative estimate of drug-likeness (QED) is 0.277. The lowest BCUT2D eigenvalue weighted by molar-refractivity contribution is -0.134. The van der Waals surface area contributed by atoms with Crippen LogP contribution < -0.4 is 11.0 Å². The van der Waals surface area contributed by atoms with Crippen molar-refractivity contribution in [3.63, 3.8) is 0 Å². The summed E-state index contributed by atoms with van der Waals surface area (Å²) in [5.41, 5.74) is 14.5. The minimum absolute atomic E-state index is 0.0445. The van der Waals surface area contributed by atoms with Crippen LogP contribution in [0, 0.1) is 5.92 Å². The van der Waals surface area contributed by atoms with E-state index in [9.17, 15) is 4.79 Å². The van der Waals surface area contributed by atoms with Gasteiger partial charge in [-0.3, -0.25) is 15.1 Å². The fourth-order valence-corrected chi connectivity index (χ4v) is 6.58. The number of hydrogen-bond acceptors (Lipinski definition) is 5. The molecule has 2 atom stereocenters. The Labute approximate surface area is 254 Å². The van der Waals surface area contributed by atoms with E-state index >= 15 is 0 Å². The molecule has 3 aliphatic rings. The number of aromatic amines is 1.